The van der Waals surface area contributed by atoms with Gasteiger partial charge in [0.05, 0.1) is 17.2 Å². The second-order valence-electron chi connectivity index (χ2n) is 6.61. The first-order valence-electron chi connectivity index (χ1n) is 8.78. The smallest absolute Gasteiger partial charge is 0.341 e. The molecule has 3 aromatic rings. The molecule has 0 unspecified atom stereocenters. The number of hydrogen-bond acceptors (Lipinski definition) is 4. The zero-order valence-corrected chi connectivity index (χ0v) is 18.7. The molecule has 0 spiro atoms. The number of carbonyl (C=O) groups is 2. The Morgan fingerprint density at radius 1 is 0.966 bits per heavy atom. The first-order chi connectivity index (χ1) is 13.7. The molecule has 1 aromatic heterocycles. The molecule has 0 aliphatic carbocycles. The quantitative estimate of drug-likeness (QED) is 0.453. The molecule has 0 fully saturated rings. The van der Waals surface area contributed by atoms with Crippen LogP contribution >= 0.6 is 34.5 Å². The zero-order valence-electron chi connectivity index (χ0n) is 16.4. The molecule has 1 heterocycles. The van der Waals surface area contributed by atoms with Gasteiger partial charge in [-0.05, 0) is 55.7 Å². The number of methoxy groups -OCH3 is 1. The average Bonchev–Trinajstić information content (AvgIpc) is 3.01. The Labute approximate surface area is 183 Å². The van der Waals surface area contributed by atoms with Crippen LogP contribution in [-0.2, 0) is 4.74 Å². The lowest BCUT2D eigenvalue weighted by molar-refractivity contribution is 0.0603. The monoisotopic (exact) mass is 447 g/mol. The number of nitrogens with one attached hydrogen (secondary N) is 1. The number of aryl methyl sites for hydroxylation is 3. The van der Waals surface area contributed by atoms with Crippen molar-refractivity contribution in [2.24, 2.45) is 0 Å². The maximum atomic E-state index is 12.7. The van der Waals surface area contributed by atoms with Crippen LogP contribution in [0.25, 0.3) is 11.1 Å². The van der Waals surface area contributed by atoms with Gasteiger partial charge >= 0.3 is 5.97 Å². The summed E-state index contributed by atoms with van der Waals surface area (Å²) in [4.78, 5) is 26.2. The van der Waals surface area contributed by atoms with Crippen LogP contribution in [0.3, 0.4) is 0 Å². The van der Waals surface area contributed by atoms with Crippen molar-refractivity contribution in [3.05, 3.63) is 73.6 Å². The summed E-state index contributed by atoms with van der Waals surface area (Å²) in [6.45, 7) is 5.96. The van der Waals surface area contributed by atoms with Crippen LogP contribution in [0.5, 0.6) is 0 Å². The van der Waals surface area contributed by atoms with Crippen molar-refractivity contribution in [2.75, 3.05) is 12.4 Å². The van der Waals surface area contributed by atoms with Gasteiger partial charge in [0.15, 0.2) is 0 Å². The molecule has 0 bridgehead atoms. The Balaban J connectivity index is 2.07. The summed E-state index contributed by atoms with van der Waals surface area (Å²) in [6.07, 6.45) is 0. The second-order valence-corrected chi connectivity index (χ2v) is 8.65. The van der Waals surface area contributed by atoms with Crippen LogP contribution in [0.15, 0.2) is 36.4 Å². The van der Waals surface area contributed by atoms with Gasteiger partial charge in [0.2, 0.25) is 0 Å². The fourth-order valence-electron chi connectivity index (χ4n) is 2.99. The van der Waals surface area contributed by atoms with Crippen LogP contribution in [0.2, 0.25) is 10.0 Å². The summed E-state index contributed by atoms with van der Waals surface area (Å²) >= 11 is 13.3. The standard InChI is InChI=1S/C22H19Cl2NO3S/c1-11-5-6-14(9-12(11)2)18-13(3)29-21(19(18)22(27)28-4)25-20(26)15-7-8-16(23)17(24)10-15/h5-10H,1-4H3,(H,25,26). The molecular weight excluding hydrogens is 429 g/mol. The predicted molar refractivity (Wildman–Crippen MR) is 120 cm³/mol. The van der Waals surface area contributed by atoms with Crippen LogP contribution in [0.4, 0.5) is 5.00 Å². The van der Waals surface area contributed by atoms with Gasteiger partial charge in [-0.25, -0.2) is 4.79 Å². The molecule has 29 heavy (non-hydrogen) atoms. The molecule has 0 saturated heterocycles. The number of ether oxygens (including phenoxy) is 1. The van der Waals surface area contributed by atoms with E-state index in [4.69, 9.17) is 27.9 Å². The molecule has 0 radical (unpaired) electrons. The highest BCUT2D eigenvalue weighted by Crippen LogP contribution is 2.41. The number of amides is 1. The largest absolute Gasteiger partial charge is 0.465 e. The SMILES string of the molecule is COC(=O)c1c(NC(=O)c2ccc(Cl)c(Cl)c2)sc(C)c1-c1ccc(C)c(C)c1. The fourth-order valence-corrected chi connectivity index (χ4v) is 4.34. The number of anilines is 1. The minimum absolute atomic E-state index is 0.283. The fraction of sp³-hybridized carbons (Fsp3) is 0.182. The van der Waals surface area contributed by atoms with E-state index < -0.39 is 5.97 Å². The second kappa shape index (κ2) is 8.57. The number of benzene rings is 2. The van der Waals surface area contributed by atoms with Crippen LogP contribution in [-0.4, -0.2) is 19.0 Å². The molecule has 0 aliphatic heterocycles. The first-order valence-corrected chi connectivity index (χ1v) is 10.4. The van der Waals surface area contributed by atoms with E-state index in [2.05, 4.69) is 5.32 Å². The van der Waals surface area contributed by atoms with Crippen LogP contribution < -0.4 is 5.32 Å². The van der Waals surface area contributed by atoms with Gasteiger partial charge in [0.1, 0.15) is 10.6 Å². The van der Waals surface area contributed by atoms with Gasteiger partial charge in [0, 0.05) is 16.0 Å². The number of rotatable bonds is 4. The van der Waals surface area contributed by atoms with E-state index in [1.165, 1.54) is 24.5 Å². The topological polar surface area (TPSA) is 55.4 Å². The van der Waals surface area contributed by atoms with Crippen molar-refractivity contribution in [1.29, 1.82) is 0 Å². The summed E-state index contributed by atoms with van der Waals surface area (Å²) in [7, 11) is 1.32. The highest BCUT2D eigenvalue weighted by atomic mass is 35.5. The molecule has 0 atom stereocenters. The predicted octanol–water partition coefficient (Wildman–Crippen LogP) is 6.69. The third kappa shape index (κ3) is 4.32. The summed E-state index contributed by atoms with van der Waals surface area (Å²) < 4.78 is 5.01. The number of hydrogen-bond donors (Lipinski definition) is 1. The zero-order chi connectivity index (χ0) is 21.3. The highest BCUT2D eigenvalue weighted by molar-refractivity contribution is 7.17. The van der Waals surface area contributed by atoms with E-state index in [9.17, 15) is 9.59 Å². The molecule has 1 amide bonds. The van der Waals surface area contributed by atoms with Crippen molar-refractivity contribution < 1.29 is 14.3 Å². The summed E-state index contributed by atoms with van der Waals surface area (Å²) in [5.74, 6) is -0.895. The minimum Gasteiger partial charge on any atom is -0.465 e. The Morgan fingerprint density at radius 3 is 2.31 bits per heavy atom. The molecule has 2 aromatic carbocycles. The Hall–Kier alpha value is -2.34. The first kappa shape index (κ1) is 21.4. The van der Waals surface area contributed by atoms with Crippen LogP contribution in [0.1, 0.15) is 36.7 Å². The third-order valence-corrected chi connectivity index (χ3v) is 6.44. The van der Waals surface area contributed by atoms with E-state index in [0.29, 0.717) is 21.2 Å². The molecule has 0 aliphatic rings. The van der Waals surface area contributed by atoms with E-state index in [1.807, 2.05) is 39.0 Å². The van der Waals surface area contributed by atoms with Crippen molar-refractivity contribution in [2.45, 2.75) is 20.8 Å². The van der Waals surface area contributed by atoms with Crippen molar-refractivity contribution in [3.63, 3.8) is 0 Å². The lowest BCUT2D eigenvalue weighted by Crippen LogP contribution is -2.14. The van der Waals surface area contributed by atoms with Crippen molar-refractivity contribution >= 4 is 51.4 Å². The summed E-state index contributed by atoms with van der Waals surface area (Å²) in [5, 5.41) is 3.90. The maximum absolute atomic E-state index is 12.7. The Kier molecular flexibility index (Phi) is 6.32. The number of halogens is 2. The molecular formula is C22H19Cl2NO3S. The van der Waals surface area contributed by atoms with Gasteiger partial charge in [-0.15, -0.1) is 11.3 Å². The molecule has 150 valence electrons. The van der Waals surface area contributed by atoms with Crippen LogP contribution in [0, 0.1) is 20.8 Å². The lowest BCUT2D eigenvalue weighted by atomic mass is 9.97. The van der Waals surface area contributed by atoms with Crippen molar-refractivity contribution in [3.8, 4) is 11.1 Å². The minimum atomic E-state index is -0.507. The molecule has 0 saturated carbocycles. The maximum Gasteiger partial charge on any atom is 0.341 e. The van der Waals surface area contributed by atoms with E-state index >= 15 is 0 Å². The third-order valence-electron chi connectivity index (χ3n) is 4.68. The number of carbonyl (C=O) groups excluding carboxylic acids is 2. The van der Waals surface area contributed by atoms with Crippen molar-refractivity contribution in [1.82, 2.24) is 0 Å². The lowest BCUT2D eigenvalue weighted by Gasteiger charge is -2.10. The number of thiophene rings is 1. The van der Waals surface area contributed by atoms with Gasteiger partial charge in [0.25, 0.3) is 5.91 Å². The summed E-state index contributed by atoms with van der Waals surface area (Å²) in [6, 6.07) is 10.6. The van der Waals surface area contributed by atoms with Gasteiger partial charge in [-0.3, -0.25) is 4.79 Å². The van der Waals surface area contributed by atoms with Gasteiger partial charge < -0.3 is 10.1 Å². The van der Waals surface area contributed by atoms with Gasteiger partial charge in [-0.1, -0.05) is 41.4 Å². The molecule has 4 nitrogen and oxygen atoms in total. The average molecular weight is 448 g/mol. The Bertz CT molecular complexity index is 1120. The van der Waals surface area contributed by atoms with E-state index in [1.54, 1.807) is 12.1 Å². The molecule has 1 N–H and O–H groups in total. The molecule has 7 heteroatoms. The summed E-state index contributed by atoms with van der Waals surface area (Å²) in [5.41, 5.74) is 4.62. The van der Waals surface area contributed by atoms with Gasteiger partial charge in [-0.2, -0.15) is 0 Å². The Morgan fingerprint density at radius 2 is 1.69 bits per heavy atom. The molecule has 3 rings (SSSR count). The number of esters is 1. The normalized spacial score (nSPS) is 10.7. The van der Waals surface area contributed by atoms with E-state index in [-0.39, 0.29) is 10.9 Å². The van der Waals surface area contributed by atoms with E-state index in [0.717, 1.165) is 27.1 Å². The highest BCUT2D eigenvalue weighted by Gasteiger charge is 2.25.